The van der Waals surface area contributed by atoms with Gasteiger partial charge in [0.25, 0.3) is 5.91 Å². The number of amides is 1. The van der Waals surface area contributed by atoms with Crippen molar-refractivity contribution in [2.45, 2.75) is 25.7 Å². The number of unbranched alkanes of at least 4 members (excludes halogenated alkanes) is 2. The largest absolute Gasteiger partial charge is 0.469 e. The van der Waals surface area contributed by atoms with Crippen molar-refractivity contribution in [1.29, 1.82) is 0 Å². The number of H-pyrrole nitrogens is 1. The maximum atomic E-state index is 11.4. The fourth-order valence-corrected chi connectivity index (χ4v) is 1.35. The Balaban J connectivity index is 2.01. The SMILES string of the molecule is COC(=O)CCCCCNC(=O)c1cn[nH]c1. The Hall–Kier alpha value is -1.85. The first kappa shape index (κ1) is 13.2. The molecule has 0 fully saturated rings. The van der Waals surface area contributed by atoms with E-state index in [2.05, 4.69) is 20.3 Å². The van der Waals surface area contributed by atoms with Crippen LogP contribution in [0.3, 0.4) is 0 Å². The van der Waals surface area contributed by atoms with Crippen LogP contribution >= 0.6 is 0 Å². The highest BCUT2D eigenvalue weighted by molar-refractivity contribution is 5.93. The third-order valence-corrected chi connectivity index (χ3v) is 2.33. The lowest BCUT2D eigenvalue weighted by Gasteiger charge is -2.03. The number of ether oxygens (including phenoxy) is 1. The Morgan fingerprint density at radius 1 is 1.41 bits per heavy atom. The van der Waals surface area contributed by atoms with Crippen molar-refractivity contribution >= 4 is 11.9 Å². The molecule has 0 saturated heterocycles. The zero-order valence-electron chi connectivity index (χ0n) is 9.86. The van der Waals surface area contributed by atoms with Crippen LogP contribution in [0.2, 0.25) is 0 Å². The lowest BCUT2D eigenvalue weighted by Crippen LogP contribution is -2.23. The molecule has 94 valence electrons. The maximum absolute atomic E-state index is 11.4. The number of carbonyl (C=O) groups excluding carboxylic acids is 2. The summed E-state index contributed by atoms with van der Waals surface area (Å²) in [5.74, 6) is -0.320. The van der Waals surface area contributed by atoms with Crippen LogP contribution in [0.15, 0.2) is 12.4 Å². The van der Waals surface area contributed by atoms with Crippen LogP contribution in [-0.4, -0.2) is 35.7 Å². The van der Waals surface area contributed by atoms with Gasteiger partial charge in [-0.15, -0.1) is 0 Å². The first-order valence-corrected chi connectivity index (χ1v) is 5.58. The summed E-state index contributed by atoms with van der Waals surface area (Å²) in [5, 5.41) is 9.04. The standard InChI is InChI=1S/C11H17N3O3/c1-17-10(15)5-3-2-4-6-12-11(16)9-7-13-14-8-9/h7-8H,2-6H2,1H3,(H,12,16)(H,13,14). The minimum atomic E-state index is -0.188. The van der Waals surface area contributed by atoms with E-state index in [1.54, 1.807) is 6.20 Å². The van der Waals surface area contributed by atoms with E-state index in [1.807, 2.05) is 0 Å². The molecule has 0 radical (unpaired) electrons. The number of carbonyl (C=O) groups is 2. The number of aromatic amines is 1. The quantitative estimate of drug-likeness (QED) is 0.546. The minimum Gasteiger partial charge on any atom is -0.469 e. The number of rotatable bonds is 7. The van der Waals surface area contributed by atoms with Gasteiger partial charge in [0.2, 0.25) is 0 Å². The van der Waals surface area contributed by atoms with Gasteiger partial charge in [0.05, 0.1) is 18.9 Å². The van der Waals surface area contributed by atoms with E-state index in [4.69, 9.17) is 0 Å². The highest BCUT2D eigenvalue weighted by Gasteiger charge is 2.05. The van der Waals surface area contributed by atoms with Crippen LogP contribution in [0.25, 0.3) is 0 Å². The van der Waals surface area contributed by atoms with Crippen molar-refractivity contribution in [2.75, 3.05) is 13.7 Å². The van der Waals surface area contributed by atoms with Crippen LogP contribution < -0.4 is 5.32 Å². The van der Waals surface area contributed by atoms with Crippen molar-refractivity contribution in [3.63, 3.8) is 0 Å². The summed E-state index contributed by atoms with van der Waals surface area (Å²) in [5.41, 5.74) is 0.527. The number of methoxy groups -OCH3 is 1. The molecule has 1 heterocycles. The maximum Gasteiger partial charge on any atom is 0.305 e. The number of aromatic nitrogens is 2. The molecular formula is C11H17N3O3. The molecule has 1 rings (SSSR count). The Morgan fingerprint density at radius 2 is 2.24 bits per heavy atom. The van der Waals surface area contributed by atoms with Gasteiger partial charge in [0.15, 0.2) is 0 Å². The average Bonchev–Trinajstić information content (AvgIpc) is 2.86. The second kappa shape index (κ2) is 7.43. The summed E-state index contributed by atoms with van der Waals surface area (Å²) in [4.78, 5) is 22.3. The van der Waals surface area contributed by atoms with Gasteiger partial charge in [-0.3, -0.25) is 14.7 Å². The smallest absolute Gasteiger partial charge is 0.305 e. The first-order valence-electron chi connectivity index (χ1n) is 5.58. The normalized spacial score (nSPS) is 9.94. The van der Waals surface area contributed by atoms with Gasteiger partial charge in [0.1, 0.15) is 0 Å². The summed E-state index contributed by atoms with van der Waals surface area (Å²) in [6.45, 7) is 0.602. The van der Waals surface area contributed by atoms with E-state index in [0.717, 1.165) is 19.3 Å². The van der Waals surface area contributed by atoms with Crippen molar-refractivity contribution in [3.05, 3.63) is 18.0 Å². The summed E-state index contributed by atoms with van der Waals surface area (Å²) < 4.78 is 4.52. The van der Waals surface area contributed by atoms with E-state index in [0.29, 0.717) is 18.5 Å². The highest BCUT2D eigenvalue weighted by atomic mass is 16.5. The van der Waals surface area contributed by atoms with E-state index in [1.165, 1.54) is 13.3 Å². The number of nitrogens with one attached hydrogen (secondary N) is 2. The topological polar surface area (TPSA) is 84.1 Å². The van der Waals surface area contributed by atoms with Gasteiger partial charge in [-0.25, -0.2) is 0 Å². The third kappa shape index (κ3) is 5.14. The molecular weight excluding hydrogens is 222 g/mol. The Bertz CT molecular complexity index is 349. The predicted octanol–water partition coefficient (Wildman–Crippen LogP) is 0.873. The lowest BCUT2D eigenvalue weighted by molar-refractivity contribution is -0.140. The number of esters is 1. The molecule has 17 heavy (non-hydrogen) atoms. The van der Waals surface area contributed by atoms with Crippen LogP contribution in [-0.2, 0) is 9.53 Å². The van der Waals surface area contributed by atoms with E-state index < -0.39 is 0 Å². The van der Waals surface area contributed by atoms with Crippen molar-refractivity contribution in [1.82, 2.24) is 15.5 Å². The molecule has 1 aromatic rings. The molecule has 0 unspecified atom stereocenters. The van der Waals surface area contributed by atoms with Crippen molar-refractivity contribution < 1.29 is 14.3 Å². The number of hydrogen-bond acceptors (Lipinski definition) is 4. The molecule has 0 aliphatic rings. The van der Waals surface area contributed by atoms with Crippen LogP contribution in [0.4, 0.5) is 0 Å². The summed E-state index contributed by atoms with van der Waals surface area (Å²) >= 11 is 0. The van der Waals surface area contributed by atoms with Crippen LogP contribution in [0.1, 0.15) is 36.0 Å². The fraction of sp³-hybridized carbons (Fsp3) is 0.545. The number of nitrogens with zero attached hydrogens (tertiary/aromatic N) is 1. The lowest BCUT2D eigenvalue weighted by atomic mass is 10.2. The molecule has 0 aliphatic carbocycles. The molecule has 1 amide bonds. The molecule has 0 aromatic carbocycles. The predicted molar refractivity (Wildman–Crippen MR) is 61.4 cm³/mol. The van der Waals surface area contributed by atoms with Crippen molar-refractivity contribution in [3.8, 4) is 0 Å². The monoisotopic (exact) mass is 239 g/mol. The summed E-state index contributed by atoms with van der Waals surface area (Å²) in [6, 6.07) is 0. The molecule has 1 aromatic heterocycles. The molecule has 0 spiro atoms. The van der Waals surface area contributed by atoms with E-state index >= 15 is 0 Å². The first-order chi connectivity index (χ1) is 8.24. The summed E-state index contributed by atoms with van der Waals surface area (Å²) in [7, 11) is 1.38. The minimum absolute atomic E-state index is 0.133. The molecule has 2 N–H and O–H groups in total. The van der Waals surface area contributed by atoms with Gasteiger partial charge < -0.3 is 10.1 Å². The Morgan fingerprint density at radius 3 is 2.88 bits per heavy atom. The number of hydrogen-bond donors (Lipinski definition) is 2. The van der Waals surface area contributed by atoms with Crippen molar-refractivity contribution in [2.24, 2.45) is 0 Å². The zero-order chi connectivity index (χ0) is 12.5. The molecule has 6 nitrogen and oxygen atoms in total. The molecule has 0 bridgehead atoms. The van der Waals surface area contributed by atoms with Gasteiger partial charge in [-0.1, -0.05) is 6.42 Å². The zero-order valence-corrected chi connectivity index (χ0v) is 9.86. The average molecular weight is 239 g/mol. The van der Waals surface area contributed by atoms with Gasteiger partial charge in [0, 0.05) is 19.2 Å². The Labute approximate surface area is 99.7 Å². The van der Waals surface area contributed by atoms with Gasteiger partial charge in [-0.2, -0.15) is 5.10 Å². The van der Waals surface area contributed by atoms with Gasteiger partial charge >= 0.3 is 5.97 Å². The Kier molecular flexibility index (Phi) is 5.77. The van der Waals surface area contributed by atoms with Crippen LogP contribution in [0, 0.1) is 0 Å². The molecule has 0 saturated carbocycles. The third-order valence-electron chi connectivity index (χ3n) is 2.33. The van der Waals surface area contributed by atoms with Crippen LogP contribution in [0.5, 0.6) is 0 Å². The fourth-order valence-electron chi connectivity index (χ4n) is 1.35. The second-order valence-electron chi connectivity index (χ2n) is 3.63. The highest BCUT2D eigenvalue weighted by Crippen LogP contribution is 2.00. The molecule has 0 atom stereocenters. The van der Waals surface area contributed by atoms with Gasteiger partial charge in [-0.05, 0) is 12.8 Å². The molecule has 6 heteroatoms. The summed E-state index contributed by atoms with van der Waals surface area (Å²) in [6.07, 6.45) is 5.99. The molecule has 0 aliphatic heterocycles. The second-order valence-corrected chi connectivity index (χ2v) is 3.63. The van der Waals surface area contributed by atoms with E-state index in [-0.39, 0.29) is 11.9 Å². The van der Waals surface area contributed by atoms with E-state index in [9.17, 15) is 9.59 Å².